The number of carbonyl (C=O) groups excluding carboxylic acids is 1. The third-order valence-corrected chi connectivity index (χ3v) is 3.19. The SMILES string of the molecule is CCC(CO)(CO)NC(=O)c1cccc(OC)c1N. The Kier molecular flexibility index (Phi) is 5.14. The summed E-state index contributed by atoms with van der Waals surface area (Å²) >= 11 is 0. The molecule has 1 amide bonds. The number of ether oxygens (including phenoxy) is 1. The smallest absolute Gasteiger partial charge is 0.254 e. The summed E-state index contributed by atoms with van der Waals surface area (Å²) < 4.78 is 5.04. The van der Waals surface area contributed by atoms with Gasteiger partial charge in [-0.25, -0.2) is 0 Å². The molecule has 0 spiro atoms. The highest BCUT2D eigenvalue weighted by Gasteiger charge is 2.29. The Labute approximate surface area is 112 Å². The van der Waals surface area contributed by atoms with Gasteiger partial charge in [-0.15, -0.1) is 0 Å². The predicted octanol–water partition coefficient (Wildman–Crippen LogP) is 0.141. The lowest BCUT2D eigenvalue weighted by Gasteiger charge is -2.29. The standard InChI is InChI=1S/C13H20N2O4/c1-3-13(7-16,8-17)15-12(18)9-5-4-6-10(19-2)11(9)14/h4-6,16-17H,3,7-8,14H2,1-2H3,(H,15,18). The maximum atomic E-state index is 12.2. The van der Waals surface area contributed by atoms with Gasteiger partial charge >= 0.3 is 0 Å². The third-order valence-electron chi connectivity index (χ3n) is 3.19. The molecule has 0 aliphatic carbocycles. The number of rotatable bonds is 6. The first-order valence-electron chi connectivity index (χ1n) is 6.00. The molecule has 1 rings (SSSR count). The monoisotopic (exact) mass is 268 g/mol. The van der Waals surface area contributed by atoms with Crippen molar-refractivity contribution in [2.24, 2.45) is 0 Å². The molecule has 106 valence electrons. The summed E-state index contributed by atoms with van der Waals surface area (Å²) in [5.74, 6) is -0.0518. The molecule has 0 aromatic heterocycles. The van der Waals surface area contributed by atoms with Crippen molar-refractivity contribution in [2.45, 2.75) is 18.9 Å². The number of aliphatic hydroxyl groups excluding tert-OH is 2. The summed E-state index contributed by atoms with van der Waals surface area (Å²) in [4.78, 5) is 12.2. The molecule has 1 aromatic rings. The lowest BCUT2D eigenvalue weighted by Crippen LogP contribution is -2.53. The van der Waals surface area contributed by atoms with Gasteiger partial charge in [-0.3, -0.25) is 4.79 Å². The summed E-state index contributed by atoms with van der Waals surface area (Å²) in [7, 11) is 1.46. The fourth-order valence-electron chi connectivity index (χ4n) is 1.67. The Balaban J connectivity index is 3.01. The highest BCUT2D eigenvalue weighted by Crippen LogP contribution is 2.25. The zero-order valence-corrected chi connectivity index (χ0v) is 11.1. The Morgan fingerprint density at radius 1 is 1.42 bits per heavy atom. The van der Waals surface area contributed by atoms with E-state index in [-0.39, 0.29) is 24.5 Å². The van der Waals surface area contributed by atoms with Crippen molar-refractivity contribution < 1.29 is 19.7 Å². The maximum absolute atomic E-state index is 12.2. The number of anilines is 1. The zero-order valence-electron chi connectivity index (χ0n) is 11.1. The third kappa shape index (κ3) is 3.15. The largest absolute Gasteiger partial charge is 0.495 e. The van der Waals surface area contributed by atoms with E-state index in [2.05, 4.69) is 5.32 Å². The van der Waals surface area contributed by atoms with Crippen LogP contribution in [-0.4, -0.2) is 42.0 Å². The number of nitrogens with two attached hydrogens (primary N) is 1. The van der Waals surface area contributed by atoms with Crippen LogP contribution in [0.25, 0.3) is 0 Å². The van der Waals surface area contributed by atoms with Crippen LogP contribution >= 0.6 is 0 Å². The van der Waals surface area contributed by atoms with Crippen molar-refractivity contribution in [3.05, 3.63) is 23.8 Å². The number of amides is 1. The number of para-hydroxylation sites is 1. The number of methoxy groups -OCH3 is 1. The van der Waals surface area contributed by atoms with E-state index >= 15 is 0 Å². The minimum atomic E-state index is -1.05. The van der Waals surface area contributed by atoms with Crippen LogP contribution in [0, 0.1) is 0 Å². The van der Waals surface area contributed by atoms with Crippen molar-refractivity contribution in [2.75, 3.05) is 26.1 Å². The Bertz CT molecular complexity index is 436. The van der Waals surface area contributed by atoms with Crippen LogP contribution in [0.2, 0.25) is 0 Å². The van der Waals surface area contributed by atoms with Gasteiger partial charge in [0.1, 0.15) is 5.75 Å². The average molecular weight is 268 g/mol. The van der Waals surface area contributed by atoms with Crippen LogP contribution in [0.1, 0.15) is 23.7 Å². The summed E-state index contributed by atoms with van der Waals surface area (Å²) in [6.45, 7) is 1.06. The molecule has 0 heterocycles. The predicted molar refractivity (Wildman–Crippen MR) is 72.1 cm³/mol. The summed E-state index contributed by atoms with van der Waals surface area (Å²) in [6, 6.07) is 4.86. The second kappa shape index (κ2) is 6.40. The van der Waals surface area contributed by atoms with Gasteiger partial charge < -0.3 is 26.0 Å². The number of carbonyl (C=O) groups is 1. The lowest BCUT2D eigenvalue weighted by atomic mass is 9.97. The van der Waals surface area contributed by atoms with E-state index in [1.165, 1.54) is 7.11 Å². The molecule has 0 saturated carbocycles. The molecular weight excluding hydrogens is 248 g/mol. The Morgan fingerprint density at radius 2 is 2.05 bits per heavy atom. The van der Waals surface area contributed by atoms with E-state index in [1.807, 2.05) is 0 Å². The normalized spacial score (nSPS) is 11.2. The molecule has 0 fully saturated rings. The van der Waals surface area contributed by atoms with Crippen LogP contribution in [0.3, 0.4) is 0 Å². The van der Waals surface area contributed by atoms with Gasteiger partial charge in [0.15, 0.2) is 0 Å². The van der Waals surface area contributed by atoms with Crippen molar-refractivity contribution in [3.63, 3.8) is 0 Å². The first kappa shape index (κ1) is 15.3. The maximum Gasteiger partial charge on any atom is 0.254 e. The Hall–Kier alpha value is -1.79. The molecule has 0 unspecified atom stereocenters. The van der Waals surface area contributed by atoms with Crippen LogP contribution in [0.15, 0.2) is 18.2 Å². The highest BCUT2D eigenvalue weighted by atomic mass is 16.5. The fourth-order valence-corrected chi connectivity index (χ4v) is 1.67. The quantitative estimate of drug-likeness (QED) is 0.549. The second-order valence-electron chi connectivity index (χ2n) is 4.33. The van der Waals surface area contributed by atoms with E-state index in [4.69, 9.17) is 10.5 Å². The van der Waals surface area contributed by atoms with Crippen molar-refractivity contribution in [1.29, 1.82) is 0 Å². The van der Waals surface area contributed by atoms with E-state index in [0.29, 0.717) is 12.2 Å². The number of hydrogen-bond acceptors (Lipinski definition) is 5. The van der Waals surface area contributed by atoms with Crippen LogP contribution in [0.4, 0.5) is 5.69 Å². The molecule has 19 heavy (non-hydrogen) atoms. The zero-order chi connectivity index (χ0) is 14.5. The topological polar surface area (TPSA) is 105 Å². The summed E-state index contributed by atoms with van der Waals surface area (Å²) in [5, 5.41) is 21.2. The van der Waals surface area contributed by atoms with E-state index < -0.39 is 11.4 Å². The van der Waals surface area contributed by atoms with Gasteiger partial charge in [0.05, 0.1) is 37.1 Å². The van der Waals surface area contributed by atoms with Gasteiger partial charge in [0.2, 0.25) is 0 Å². The first-order valence-corrected chi connectivity index (χ1v) is 6.00. The average Bonchev–Trinajstić information content (AvgIpc) is 2.45. The van der Waals surface area contributed by atoms with Crippen LogP contribution in [0.5, 0.6) is 5.75 Å². The molecule has 5 N–H and O–H groups in total. The number of aliphatic hydroxyl groups is 2. The van der Waals surface area contributed by atoms with Gasteiger partial charge in [0.25, 0.3) is 5.91 Å². The number of nitrogens with one attached hydrogen (secondary N) is 1. The van der Waals surface area contributed by atoms with E-state index in [0.717, 1.165) is 0 Å². The number of benzene rings is 1. The van der Waals surface area contributed by atoms with Crippen LogP contribution < -0.4 is 15.8 Å². The molecule has 0 aliphatic rings. The minimum absolute atomic E-state index is 0.225. The van der Waals surface area contributed by atoms with Gasteiger partial charge in [-0.1, -0.05) is 13.0 Å². The molecule has 0 saturated heterocycles. The number of hydrogen-bond donors (Lipinski definition) is 4. The van der Waals surface area contributed by atoms with E-state index in [9.17, 15) is 15.0 Å². The molecule has 0 atom stereocenters. The molecule has 0 bridgehead atoms. The molecule has 6 nitrogen and oxygen atoms in total. The summed E-state index contributed by atoms with van der Waals surface area (Å²) in [6.07, 6.45) is 0.398. The molecule has 6 heteroatoms. The van der Waals surface area contributed by atoms with Crippen LogP contribution in [-0.2, 0) is 0 Å². The molecular formula is C13H20N2O4. The van der Waals surface area contributed by atoms with Gasteiger partial charge in [-0.05, 0) is 18.6 Å². The van der Waals surface area contributed by atoms with Crippen molar-refractivity contribution in [1.82, 2.24) is 5.32 Å². The fraction of sp³-hybridized carbons (Fsp3) is 0.462. The highest BCUT2D eigenvalue weighted by molar-refractivity contribution is 6.00. The molecule has 0 aliphatic heterocycles. The van der Waals surface area contributed by atoms with Crippen molar-refractivity contribution >= 4 is 11.6 Å². The molecule has 1 aromatic carbocycles. The van der Waals surface area contributed by atoms with Crippen molar-refractivity contribution in [3.8, 4) is 5.75 Å². The second-order valence-corrected chi connectivity index (χ2v) is 4.33. The first-order chi connectivity index (χ1) is 9.03. The summed E-state index contributed by atoms with van der Waals surface area (Å²) in [5.41, 5.74) is 5.25. The van der Waals surface area contributed by atoms with Gasteiger partial charge in [-0.2, -0.15) is 0 Å². The van der Waals surface area contributed by atoms with E-state index in [1.54, 1.807) is 25.1 Å². The minimum Gasteiger partial charge on any atom is -0.495 e. The lowest BCUT2D eigenvalue weighted by molar-refractivity contribution is 0.0653. The Morgan fingerprint density at radius 3 is 2.53 bits per heavy atom. The number of nitrogen functional groups attached to an aromatic ring is 1. The van der Waals surface area contributed by atoms with Gasteiger partial charge in [0, 0.05) is 0 Å². The molecule has 0 radical (unpaired) electrons.